The number of fused-ring (bicyclic) bond motifs is 1. The molecule has 0 aliphatic rings. The van der Waals surface area contributed by atoms with Crippen molar-refractivity contribution in [3.05, 3.63) is 23.2 Å². The molecule has 74 valence electrons. The van der Waals surface area contributed by atoms with E-state index >= 15 is 0 Å². The van der Waals surface area contributed by atoms with E-state index in [1.807, 2.05) is 6.92 Å². The molecule has 0 radical (unpaired) electrons. The second-order valence-electron chi connectivity index (χ2n) is 3.27. The number of hydrogen-bond donors (Lipinski definition) is 1. The maximum atomic E-state index is 5.76. The molecule has 1 atom stereocenters. The van der Waals surface area contributed by atoms with E-state index in [1.54, 1.807) is 6.07 Å². The van der Waals surface area contributed by atoms with E-state index in [2.05, 4.69) is 9.97 Å². The Morgan fingerprint density at radius 1 is 1.64 bits per heavy atom. The van der Waals surface area contributed by atoms with Gasteiger partial charge in [-0.25, -0.2) is 9.97 Å². The minimum atomic E-state index is 0.0264. The summed E-state index contributed by atoms with van der Waals surface area (Å²) in [5.41, 5.74) is 6.81. The van der Waals surface area contributed by atoms with Crippen LogP contribution in [0.25, 0.3) is 11.2 Å². The minimum absolute atomic E-state index is 0.0264. The van der Waals surface area contributed by atoms with E-state index in [0.717, 1.165) is 0 Å². The molecule has 0 bridgehead atoms. The Bertz CT molecular complexity index is 452. The molecule has 2 aromatic rings. The van der Waals surface area contributed by atoms with Crippen LogP contribution in [0.4, 0.5) is 0 Å². The summed E-state index contributed by atoms with van der Waals surface area (Å²) < 4.78 is 5.37. The van der Waals surface area contributed by atoms with Crippen LogP contribution in [0.3, 0.4) is 0 Å². The zero-order valence-electron chi connectivity index (χ0n) is 7.70. The number of aromatic nitrogens is 2. The number of hydrogen-bond acceptors (Lipinski definition) is 4. The SMILES string of the molecule is CC(N)Cc1nc2cc(Cl)cnc2o1. The van der Waals surface area contributed by atoms with Crippen molar-refractivity contribution in [2.45, 2.75) is 19.4 Å². The van der Waals surface area contributed by atoms with Gasteiger partial charge in [-0.1, -0.05) is 11.6 Å². The molecule has 0 aromatic carbocycles. The van der Waals surface area contributed by atoms with E-state index in [0.29, 0.717) is 28.6 Å². The topological polar surface area (TPSA) is 64.9 Å². The Morgan fingerprint density at radius 3 is 3.14 bits per heavy atom. The number of nitrogens with two attached hydrogens (primary N) is 1. The summed E-state index contributed by atoms with van der Waals surface area (Å²) in [6.45, 7) is 1.90. The Labute approximate surface area is 86.1 Å². The van der Waals surface area contributed by atoms with Crippen molar-refractivity contribution < 1.29 is 4.42 Å². The van der Waals surface area contributed by atoms with Crippen molar-refractivity contribution in [1.82, 2.24) is 9.97 Å². The molecule has 0 fully saturated rings. The third-order valence-electron chi connectivity index (χ3n) is 1.76. The molecule has 4 nitrogen and oxygen atoms in total. The molecule has 0 aliphatic heterocycles. The van der Waals surface area contributed by atoms with Crippen LogP contribution in [-0.4, -0.2) is 16.0 Å². The summed E-state index contributed by atoms with van der Waals surface area (Å²) in [6.07, 6.45) is 2.14. The fraction of sp³-hybridized carbons (Fsp3) is 0.333. The van der Waals surface area contributed by atoms with Crippen molar-refractivity contribution in [3.63, 3.8) is 0 Å². The molecule has 5 heteroatoms. The molecule has 1 unspecified atom stereocenters. The lowest BCUT2D eigenvalue weighted by Gasteiger charge is -1.97. The number of pyridine rings is 1. The van der Waals surface area contributed by atoms with Crippen molar-refractivity contribution >= 4 is 22.8 Å². The average Bonchev–Trinajstić information content (AvgIpc) is 2.44. The van der Waals surface area contributed by atoms with Crippen molar-refractivity contribution in [2.24, 2.45) is 5.73 Å². The molecule has 2 rings (SSSR count). The van der Waals surface area contributed by atoms with E-state index < -0.39 is 0 Å². The first-order valence-corrected chi connectivity index (χ1v) is 4.69. The molecule has 2 aromatic heterocycles. The van der Waals surface area contributed by atoms with Gasteiger partial charge in [-0.05, 0) is 13.0 Å². The van der Waals surface area contributed by atoms with Gasteiger partial charge < -0.3 is 10.2 Å². The second kappa shape index (κ2) is 3.55. The maximum absolute atomic E-state index is 5.76. The van der Waals surface area contributed by atoms with Crippen LogP contribution in [0.1, 0.15) is 12.8 Å². The fourth-order valence-corrected chi connectivity index (χ4v) is 1.36. The lowest BCUT2D eigenvalue weighted by atomic mass is 10.2. The summed E-state index contributed by atoms with van der Waals surface area (Å²) in [5.74, 6) is 0.602. The van der Waals surface area contributed by atoms with Gasteiger partial charge in [0.2, 0.25) is 5.71 Å². The molecule has 0 aliphatic carbocycles. The quantitative estimate of drug-likeness (QED) is 0.822. The number of nitrogens with zero attached hydrogens (tertiary/aromatic N) is 2. The van der Waals surface area contributed by atoms with Crippen molar-refractivity contribution in [1.29, 1.82) is 0 Å². The number of oxazole rings is 1. The van der Waals surface area contributed by atoms with Gasteiger partial charge in [0.1, 0.15) is 5.52 Å². The van der Waals surface area contributed by atoms with Crippen molar-refractivity contribution in [2.75, 3.05) is 0 Å². The molecule has 0 amide bonds. The molecular formula is C9H10ClN3O. The van der Waals surface area contributed by atoms with Crippen LogP contribution in [-0.2, 0) is 6.42 Å². The highest BCUT2D eigenvalue weighted by Gasteiger charge is 2.08. The Balaban J connectivity index is 2.41. The molecule has 2 N–H and O–H groups in total. The zero-order chi connectivity index (χ0) is 10.1. The monoisotopic (exact) mass is 211 g/mol. The van der Waals surface area contributed by atoms with E-state index in [1.165, 1.54) is 6.20 Å². The standard InChI is InChI=1S/C9H10ClN3O/c1-5(11)2-8-13-7-3-6(10)4-12-9(7)14-8/h3-5H,2,11H2,1H3. The van der Waals surface area contributed by atoms with Gasteiger partial charge in [0, 0.05) is 18.7 Å². The highest BCUT2D eigenvalue weighted by atomic mass is 35.5. The number of halogens is 1. The Kier molecular flexibility index (Phi) is 2.39. The predicted octanol–water partition coefficient (Wildman–Crippen LogP) is 1.77. The Morgan fingerprint density at radius 2 is 2.43 bits per heavy atom. The van der Waals surface area contributed by atoms with Gasteiger partial charge in [-0.3, -0.25) is 0 Å². The van der Waals surface area contributed by atoms with Gasteiger partial charge in [0.25, 0.3) is 0 Å². The molecule has 0 saturated heterocycles. The van der Waals surface area contributed by atoms with E-state index in [4.69, 9.17) is 21.8 Å². The third kappa shape index (κ3) is 1.86. The van der Waals surface area contributed by atoms with Gasteiger partial charge in [-0.15, -0.1) is 0 Å². The summed E-state index contributed by atoms with van der Waals surface area (Å²) in [7, 11) is 0. The molecule has 0 saturated carbocycles. The summed E-state index contributed by atoms with van der Waals surface area (Å²) >= 11 is 5.76. The van der Waals surface area contributed by atoms with Crippen LogP contribution in [0.2, 0.25) is 5.02 Å². The first-order valence-electron chi connectivity index (χ1n) is 4.31. The average molecular weight is 212 g/mol. The predicted molar refractivity (Wildman–Crippen MR) is 54.2 cm³/mol. The summed E-state index contributed by atoms with van der Waals surface area (Å²) in [6, 6.07) is 1.75. The highest BCUT2D eigenvalue weighted by molar-refractivity contribution is 6.30. The highest BCUT2D eigenvalue weighted by Crippen LogP contribution is 2.17. The first-order chi connectivity index (χ1) is 6.65. The summed E-state index contributed by atoms with van der Waals surface area (Å²) in [5, 5.41) is 0.554. The fourth-order valence-electron chi connectivity index (χ4n) is 1.21. The lowest BCUT2D eigenvalue weighted by molar-refractivity contribution is 0.500. The largest absolute Gasteiger partial charge is 0.422 e. The third-order valence-corrected chi connectivity index (χ3v) is 1.96. The van der Waals surface area contributed by atoms with E-state index in [-0.39, 0.29) is 6.04 Å². The van der Waals surface area contributed by atoms with Gasteiger partial charge in [0.15, 0.2) is 5.89 Å². The Hall–Kier alpha value is -1.13. The van der Waals surface area contributed by atoms with Gasteiger partial charge >= 0.3 is 0 Å². The van der Waals surface area contributed by atoms with Crippen LogP contribution < -0.4 is 5.73 Å². The molecule has 14 heavy (non-hydrogen) atoms. The van der Waals surface area contributed by atoms with Gasteiger partial charge in [0.05, 0.1) is 5.02 Å². The zero-order valence-corrected chi connectivity index (χ0v) is 8.45. The van der Waals surface area contributed by atoms with Crippen LogP contribution in [0.5, 0.6) is 0 Å². The molecular weight excluding hydrogens is 202 g/mol. The van der Waals surface area contributed by atoms with Crippen LogP contribution in [0.15, 0.2) is 16.7 Å². The lowest BCUT2D eigenvalue weighted by Crippen LogP contribution is -2.17. The van der Waals surface area contributed by atoms with E-state index in [9.17, 15) is 0 Å². The first kappa shape index (κ1) is 9.43. The maximum Gasteiger partial charge on any atom is 0.247 e. The molecule has 0 spiro atoms. The molecule has 2 heterocycles. The summed E-state index contributed by atoms with van der Waals surface area (Å²) in [4.78, 5) is 8.23. The van der Waals surface area contributed by atoms with Gasteiger partial charge in [-0.2, -0.15) is 0 Å². The van der Waals surface area contributed by atoms with Crippen molar-refractivity contribution in [3.8, 4) is 0 Å². The minimum Gasteiger partial charge on any atom is -0.422 e. The smallest absolute Gasteiger partial charge is 0.247 e. The second-order valence-corrected chi connectivity index (χ2v) is 3.70. The van der Waals surface area contributed by atoms with Crippen LogP contribution >= 0.6 is 11.6 Å². The van der Waals surface area contributed by atoms with Crippen LogP contribution in [0, 0.1) is 0 Å². The normalized spacial score (nSPS) is 13.4. The number of rotatable bonds is 2.